The molecule has 1 fully saturated rings. The molecule has 8 N–H and O–H groups in total. The van der Waals surface area contributed by atoms with Gasteiger partial charge in [-0.2, -0.15) is 0 Å². The average Bonchev–Trinajstić information content (AvgIpc) is 2.62. The quantitative estimate of drug-likeness (QED) is 0.290. The van der Waals surface area contributed by atoms with Crippen LogP contribution >= 0.6 is 8.25 Å². The van der Waals surface area contributed by atoms with Crippen molar-refractivity contribution < 1.29 is 53.2 Å². The van der Waals surface area contributed by atoms with Gasteiger partial charge in [-0.3, -0.25) is 23.7 Å². The van der Waals surface area contributed by atoms with Crippen molar-refractivity contribution in [1.82, 2.24) is 0 Å². The predicted molar refractivity (Wildman–Crippen MR) is 102 cm³/mol. The Kier molecular flexibility index (Phi) is 26.2. The Labute approximate surface area is 168 Å². The number of rotatable bonds is 7. The SMILES string of the molecule is NCCN.O=C(O)CCC(=O)O.O=C(O)CCC(=O)O.O=[PH]1OCCCCCO1. The van der Waals surface area contributed by atoms with Gasteiger partial charge >= 0.3 is 32.1 Å². The molecule has 0 spiro atoms. The zero-order valence-corrected chi connectivity index (χ0v) is 17.1. The summed E-state index contributed by atoms with van der Waals surface area (Å²) in [4.78, 5) is 38.6. The number of nitrogens with two attached hydrogens (primary N) is 2. The number of hydrogen-bond donors (Lipinski definition) is 6. The molecule has 1 rings (SSSR count). The van der Waals surface area contributed by atoms with Crippen LogP contribution in [-0.2, 0) is 32.8 Å². The molecule has 0 aromatic heterocycles. The van der Waals surface area contributed by atoms with Crippen molar-refractivity contribution in [3.63, 3.8) is 0 Å². The van der Waals surface area contributed by atoms with E-state index in [4.69, 9.17) is 40.9 Å². The summed E-state index contributed by atoms with van der Waals surface area (Å²) in [5, 5.41) is 31.6. The highest BCUT2D eigenvalue weighted by Gasteiger charge is 2.03. The van der Waals surface area contributed by atoms with E-state index in [-0.39, 0.29) is 25.7 Å². The molecule has 0 aromatic rings. The fourth-order valence-corrected chi connectivity index (χ4v) is 1.87. The van der Waals surface area contributed by atoms with E-state index in [1.165, 1.54) is 0 Å². The number of carbonyl (C=O) groups is 4. The normalized spacial score (nSPS) is 13.4. The maximum absolute atomic E-state index is 10.6. The molecule has 0 unspecified atom stereocenters. The summed E-state index contributed by atoms with van der Waals surface area (Å²) in [5.74, 6) is -4.31. The molecule has 29 heavy (non-hydrogen) atoms. The Morgan fingerprint density at radius 3 is 1.14 bits per heavy atom. The minimum absolute atomic E-state index is 0.296. The van der Waals surface area contributed by atoms with Gasteiger partial charge in [-0.15, -0.1) is 0 Å². The first-order valence-corrected chi connectivity index (χ1v) is 9.86. The molecule has 0 radical (unpaired) electrons. The van der Waals surface area contributed by atoms with E-state index in [1.54, 1.807) is 0 Å². The summed E-state index contributed by atoms with van der Waals surface area (Å²) >= 11 is 0. The second-order valence-electron chi connectivity index (χ2n) is 5.16. The maximum Gasteiger partial charge on any atom is 0.319 e. The van der Waals surface area contributed by atoms with Gasteiger partial charge in [0, 0.05) is 13.1 Å². The highest BCUT2D eigenvalue weighted by Crippen LogP contribution is 2.26. The molecule has 0 atom stereocenters. The minimum atomic E-state index is -2.10. The monoisotopic (exact) mass is 446 g/mol. The summed E-state index contributed by atoms with van der Waals surface area (Å²) in [5.41, 5.74) is 9.81. The molecule has 0 amide bonds. The smallest absolute Gasteiger partial charge is 0.319 e. The molecule has 0 saturated carbocycles. The third-order valence-corrected chi connectivity index (χ3v) is 3.38. The lowest BCUT2D eigenvalue weighted by atomic mass is 10.2. The van der Waals surface area contributed by atoms with Crippen molar-refractivity contribution in [2.24, 2.45) is 11.5 Å². The van der Waals surface area contributed by atoms with Gasteiger partial charge in [-0.25, -0.2) is 0 Å². The molecule has 1 aliphatic heterocycles. The van der Waals surface area contributed by atoms with Crippen molar-refractivity contribution in [3.05, 3.63) is 0 Å². The first-order valence-electron chi connectivity index (χ1n) is 8.63. The number of carboxylic acid groups (broad SMARTS) is 4. The molecule has 0 aromatic carbocycles. The topological polar surface area (TPSA) is 237 Å². The lowest BCUT2D eigenvalue weighted by molar-refractivity contribution is -0.143. The largest absolute Gasteiger partial charge is 0.481 e. The van der Waals surface area contributed by atoms with Gasteiger partial charge in [0.25, 0.3) is 0 Å². The zero-order valence-electron chi connectivity index (χ0n) is 16.1. The number of carboxylic acids is 4. The van der Waals surface area contributed by atoms with Crippen LogP contribution in [0.25, 0.3) is 0 Å². The molecular formula is C15H31N2O11P. The summed E-state index contributed by atoms with van der Waals surface area (Å²) in [6.07, 6.45) is 1.96. The van der Waals surface area contributed by atoms with Crippen LogP contribution in [0.4, 0.5) is 0 Å². The predicted octanol–water partition coefficient (Wildman–Crippen LogP) is 0.369. The van der Waals surface area contributed by atoms with Gasteiger partial charge in [0.05, 0.1) is 38.9 Å². The van der Waals surface area contributed by atoms with Crippen LogP contribution in [-0.4, -0.2) is 70.6 Å². The lowest BCUT2D eigenvalue weighted by Gasteiger charge is -2.08. The summed E-state index contributed by atoms with van der Waals surface area (Å²) < 4.78 is 20.2. The second-order valence-corrected chi connectivity index (χ2v) is 6.24. The van der Waals surface area contributed by atoms with Gasteiger partial charge < -0.3 is 40.9 Å². The van der Waals surface area contributed by atoms with Gasteiger partial charge in [0.1, 0.15) is 0 Å². The van der Waals surface area contributed by atoms with Crippen molar-refractivity contribution in [3.8, 4) is 0 Å². The Balaban J connectivity index is -0.000000322. The lowest BCUT2D eigenvalue weighted by Crippen LogP contribution is -2.11. The van der Waals surface area contributed by atoms with Crippen LogP contribution < -0.4 is 11.5 Å². The Morgan fingerprint density at radius 1 is 0.655 bits per heavy atom. The van der Waals surface area contributed by atoms with E-state index in [2.05, 4.69) is 0 Å². The van der Waals surface area contributed by atoms with E-state index >= 15 is 0 Å². The van der Waals surface area contributed by atoms with Gasteiger partial charge in [0.2, 0.25) is 0 Å². The van der Waals surface area contributed by atoms with E-state index in [9.17, 15) is 23.7 Å². The van der Waals surface area contributed by atoms with E-state index < -0.39 is 32.1 Å². The van der Waals surface area contributed by atoms with Gasteiger partial charge in [-0.05, 0) is 19.3 Å². The highest BCUT2D eigenvalue weighted by atomic mass is 31.1. The molecule has 172 valence electrons. The molecule has 0 aliphatic carbocycles. The Bertz CT molecular complexity index is 421. The Hall–Kier alpha value is -2.05. The van der Waals surface area contributed by atoms with Gasteiger partial charge in [-0.1, -0.05) is 0 Å². The number of aliphatic carboxylic acids is 4. The molecule has 0 bridgehead atoms. The van der Waals surface area contributed by atoms with Crippen molar-refractivity contribution in [2.75, 3.05) is 26.3 Å². The van der Waals surface area contributed by atoms with Crippen LogP contribution in [0.5, 0.6) is 0 Å². The van der Waals surface area contributed by atoms with Crippen LogP contribution in [0.2, 0.25) is 0 Å². The first kappa shape index (κ1) is 31.6. The molecule has 1 heterocycles. The van der Waals surface area contributed by atoms with E-state index in [0.717, 1.165) is 19.3 Å². The standard InChI is InChI=1S/C5H11O3P.2C4H6O4.C2H8N2/c6-9-7-4-2-1-3-5-8-9;2*5-3(6)1-2-4(7)8;3-1-2-4/h9H,1-5H2;2*1-2H2,(H,5,6)(H,7,8);1-4H2. The second kappa shape index (κ2) is 24.0. The molecule has 1 aliphatic rings. The summed E-state index contributed by atoms with van der Waals surface area (Å²) in [7, 11) is -2.10. The Morgan fingerprint density at radius 2 is 0.931 bits per heavy atom. The van der Waals surface area contributed by atoms with Crippen molar-refractivity contribution in [1.29, 1.82) is 0 Å². The van der Waals surface area contributed by atoms with Crippen LogP contribution in [0, 0.1) is 0 Å². The molecular weight excluding hydrogens is 415 g/mol. The number of hydrogen-bond acceptors (Lipinski definition) is 9. The first-order chi connectivity index (χ1) is 13.6. The fourth-order valence-electron chi connectivity index (χ4n) is 1.16. The van der Waals surface area contributed by atoms with E-state index in [1.807, 2.05) is 0 Å². The maximum atomic E-state index is 10.6. The van der Waals surface area contributed by atoms with Crippen molar-refractivity contribution >= 4 is 32.1 Å². The van der Waals surface area contributed by atoms with Crippen molar-refractivity contribution in [2.45, 2.75) is 44.9 Å². The van der Waals surface area contributed by atoms with Crippen LogP contribution in [0.1, 0.15) is 44.9 Å². The minimum Gasteiger partial charge on any atom is -0.481 e. The summed E-state index contributed by atoms with van der Waals surface area (Å²) in [6.45, 7) is 2.38. The molecule has 14 heteroatoms. The van der Waals surface area contributed by atoms with Crippen LogP contribution in [0.3, 0.4) is 0 Å². The molecule has 1 saturated heterocycles. The molecule has 13 nitrogen and oxygen atoms in total. The van der Waals surface area contributed by atoms with Gasteiger partial charge in [0.15, 0.2) is 0 Å². The fraction of sp³-hybridized carbons (Fsp3) is 0.733. The third-order valence-electron chi connectivity index (χ3n) is 2.50. The van der Waals surface area contributed by atoms with Crippen LogP contribution in [0.15, 0.2) is 0 Å². The highest BCUT2D eigenvalue weighted by molar-refractivity contribution is 7.33. The summed E-state index contributed by atoms with van der Waals surface area (Å²) in [6, 6.07) is 0. The third kappa shape index (κ3) is 41.5. The van der Waals surface area contributed by atoms with E-state index in [0.29, 0.717) is 26.3 Å². The average molecular weight is 446 g/mol. The zero-order chi connectivity index (χ0) is 23.1.